The minimum atomic E-state index is 0.0579. The Labute approximate surface area is 127 Å². The Balaban J connectivity index is 1.55. The lowest BCUT2D eigenvalue weighted by Crippen LogP contribution is -2.40. The third kappa shape index (κ3) is 2.05. The van der Waals surface area contributed by atoms with Crippen molar-refractivity contribution in [2.75, 3.05) is 6.54 Å². The van der Waals surface area contributed by atoms with Gasteiger partial charge in [0.1, 0.15) is 12.1 Å². The number of para-hydroxylation sites is 1. The molecular weight excluding hydrogens is 280 g/mol. The predicted molar refractivity (Wildman–Crippen MR) is 79.9 cm³/mol. The van der Waals surface area contributed by atoms with Crippen LogP contribution in [-0.2, 0) is 24.4 Å². The number of aryl methyl sites for hydroxylation is 1. The highest BCUT2D eigenvalue weighted by Gasteiger charge is 2.23. The lowest BCUT2D eigenvalue weighted by Gasteiger charge is -2.28. The molecule has 7 nitrogen and oxygen atoms in total. The first-order valence-corrected chi connectivity index (χ1v) is 7.29. The second-order valence-electron chi connectivity index (χ2n) is 5.55. The highest BCUT2D eigenvalue weighted by Crippen LogP contribution is 2.16. The lowest BCUT2D eigenvalue weighted by molar-refractivity contribution is -0.133. The predicted octanol–water partition coefficient (Wildman–Crippen LogP) is 0.979. The van der Waals surface area contributed by atoms with Crippen LogP contribution >= 0.6 is 0 Å². The molecule has 0 saturated heterocycles. The number of hydrogen-bond donors (Lipinski definition) is 0. The Hall–Kier alpha value is -2.70. The fourth-order valence-electron chi connectivity index (χ4n) is 2.85. The molecule has 1 aromatic carbocycles. The van der Waals surface area contributed by atoms with Crippen molar-refractivity contribution < 1.29 is 4.79 Å². The summed E-state index contributed by atoms with van der Waals surface area (Å²) < 4.78 is 3.64. The molecule has 1 amide bonds. The molecule has 22 heavy (non-hydrogen) atoms. The highest BCUT2D eigenvalue weighted by atomic mass is 16.2. The summed E-state index contributed by atoms with van der Waals surface area (Å²) in [6.07, 6.45) is 1.86. The van der Waals surface area contributed by atoms with Gasteiger partial charge >= 0.3 is 0 Å². The lowest BCUT2D eigenvalue weighted by atomic mass is 10.2. The highest BCUT2D eigenvalue weighted by molar-refractivity contribution is 5.79. The third-order valence-corrected chi connectivity index (χ3v) is 4.14. The summed E-state index contributed by atoms with van der Waals surface area (Å²) in [7, 11) is 0. The molecule has 0 radical (unpaired) electrons. The second kappa shape index (κ2) is 4.94. The number of carbonyl (C=O) groups excluding carboxylic acids is 1. The van der Waals surface area contributed by atoms with E-state index in [0.29, 0.717) is 13.1 Å². The molecule has 1 aliphatic rings. The molecule has 3 heterocycles. The third-order valence-electron chi connectivity index (χ3n) is 4.14. The van der Waals surface area contributed by atoms with Gasteiger partial charge in [-0.15, -0.1) is 5.10 Å². The van der Waals surface area contributed by atoms with E-state index in [9.17, 15) is 4.79 Å². The first kappa shape index (κ1) is 13.0. The molecule has 3 aromatic rings. The second-order valence-corrected chi connectivity index (χ2v) is 5.55. The van der Waals surface area contributed by atoms with E-state index in [0.717, 1.165) is 28.8 Å². The molecule has 0 spiro atoms. The molecule has 0 unspecified atom stereocenters. The molecule has 0 aliphatic carbocycles. The van der Waals surface area contributed by atoms with Gasteiger partial charge in [-0.05, 0) is 24.6 Å². The summed E-state index contributed by atoms with van der Waals surface area (Å²) in [5.41, 5.74) is 3.93. The number of fused-ring (bicyclic) bond motifs is 2. The summed E-state index contributed by atoms with van der Waals surface area (Å²) in [5.74, 6) is 0.0579. The number of benzene rings is 1. The Kier molecular flexibility index (Phi) is 2.92. The van der Waals surface area contributed by atoms with E-state index in [-0.39, 0.29) is 12.5 Å². The first-order valence-electron chi connectivity index (χ1n) is 7.29. The van der Waals surface area contributed by atoms with E-state index < -0.39 is 0 Å². The first-order chi connectivity index (χ1) is 10.7. The van der Waals surface area contributed by atoms with Gasteiger partial charge in [0.15, 0.2) is 0 Å². The van der Waals surface area contributed by atoms with Crippen molar-refractivity contribution in [2.24, 2.45) is 0 Å². The van der Waals surface area contributed by atoms with E-state index >= 15 is 0 Å². The Morgan fingerprint density at radius 3 is 3.05 bits per heavy atom. The van der Waals surface area contributed by atoms with E-state index in [1.165, 1.54) is 0 Å². The molecule has 7 heteroatoms. The molecule has 112 valence electrons. The summed E-state index contributed by atoms with van der Waals surface area (Å²) >= 11 is 0. The molecule has 0 saturated carbocycles. The zero-order valence-corrected chi connectivity index (χ0v) is 12.3. The van der Waals surface area contributed by atoms with Crippen molar-refractivity contribution in [1.82, 2.24) is 29.7 Å². The summed E-state index contributed by atoms with van der Waals surface area (Å²) in [4.78, 5) is 14.4. The minimum Gasteiger partial charge on any atom is -0.333 e. The van der Waals surface area contributed by atoms with Crippen LogP contribution in [0.4, 0.5) is 0 Å². The number of rotatable bonds is 2. The van der Waals surface area contributed by atoms with Crippen molar-refractivity contribution in [2.45, 2.75) is 26.6 Å². The van der Waals surface area contributed by atoms with Gasteiger partial charge in [-0.1, -0.05) is 17.3 Å². The van der Waals surface area contributed by atoms with E-state index in [2.05, 4.69) is 15.4 Å². The number of carbonyl (C=O) groups is 1. The van der Waals surface area contributed by atoms with Crippen LogP contribution < -0.4 is 0 Å². The molecule has 0 N–H and O–H groups in total. The van der Waals surface area contributed by atoms with Gasteiger partial charge in [0.25, 0.3) is 0 Å². The molecule has 4 rings (SSSR count). The fraction of sp³-hybridized carbons (Fsp3) is 0.333. The Bertz CT molecular complexity index is 849. The molecule has 0 bridgehead atoms. The van der Waals surface area contributed by atoms with Crippen molar-refractivity contribution in [3.05, 3.63) is 41.7 Å². The smallest absolute Gasteiger partial charge is 0.244 e. The van der Waals surface area contributed by atoms with E-state index in [1.54, 1.807) is 4.68 Å². The van der Waals surface area contributed by atoms with Crippen LogP contribution in [0.3, 0.4) is 0 Å². The van der Waals surface area contributed by atoms with Crippen LogP contribution in [-0.4, -0.2) is 42.1 Å². The summed E-state index contributed by atoms with van der Waals surface area (Å²) in [6, 6.07) is 7.66. The van der Waals surface area contributed by atoms with Crippen LogP contribution in [0, 0.1) is 6.92 Å². The fourth-order valence-corrected chi connectivity index (χ4v) is 2.85. The molecule has 0 fully saturated rings. The number of aromatic nitrogens is 5. The van der Waals surface area contributed by atoms with Crippen molar-refractivity contribution in [1.29, 1.82) is 0 Å². The average molecular weight is 296 g/mol. The zero-order chi connectivity index (χ0) is 15.1. The largest absolute Gasteiger partial charge is 0.333 e. The topological polar surface area (TPSA) is 68.8 Å². The van der Waals surface area contributed by atoms with Crippen LogP contribution in [0.2, 0.25) is 0 Å². The van der Waals surface area contributed by atoms with Crippen LogP contribution in [0.15, 0.2) is 30.5 Å². The van der Waals surface area contributed by atoms with E-state index in [1.807, 2.05) is 47.0 Å². The normalized spacial score (nSPS) is 14.3. The van der Waals surface area contributed by atoms with Gasteiger partial charge in [0.2, 0.25) is 5.91 Å². The maximum absolute atomic E-state index is 12.6. The van der Waals surface area contributed by atoms with Gasteiger partial charge in [-0.2, -0.15) is 5.10 Å². The Morgan fingerprint density at radius 2 is 2.14 bits per heavy atom. The average Bonchev–Trinajstić information content (AvgIpc) is 3.12. The zero-order valence-electron chi connectivity index (χ0n) is 12.3. The van der Waals surface area contributed by atoms with Gasteiger partial charge in [0.05, 0.1) is 30.5 Å². The van der Waals surface area contributed by atoms with Crippen LogP contribution in [0.5, 0.6) is 0 Å². The van der Waals surface area contributed by atoms with Crippen molar-refractivity contribution >= 4 is 16.9 Å². The number of hydrogen-bond acceptors (Lipinski definition) is 4. The SMILES string of the molecule is Cc1cnn2c1CN(C(=O)Cn1nnc3ccccc31)CC2. The van der Waals surface area contributed by atoms with Crippen molar-refractivity contribution in [3.63, 3.8) is 0 Å². The standard InChI is InChI=1S/C15H16N6O/c1-11-8-16-20-7-6-19(9-14(11)20)15(22)10-21-13-5-3-2-4-12(13)17-18-21/h2-5,8H,6-7,9-10H2,1H3. The maximum Gasteiger partial charge on any atom is 0.244 e. The van der Waals surface area contributed by atoms with Crippen LogP contribution in [0.1, 0.15) is 11.3 Å². The molecule has 1 aliphatic heterocycles. The maximum atomic E-state index is 12.6. The van der Waals surface area contributed by atoms with Gasteiger partial charge in [0, 0.05) is 6.54 Å². The number of nitrogens with zero attached hydrogens (tertiary/aromatic N) is 6. The summed E-state index contributed by atoms with van der Waals surface area (Å²) in [5, 5.41) is 12.5. The monoisotopic (exact) mass is 296 g/mol. The van der Waals surface area contributed by atoms with Gasteiger partial charge in [-0.25, -0.2) is 4.68 Å². The Morgan fingerprint density at radius 1 is 1.27 bits per heavy atom. The number of amides is 1. The minimum absolute atomic E-state index is 0.0579. The van der Waals surface area contributed by atoms with Gasteiger partial charge < -0.3 is 4.90 Å². The summed E-state index contributed by atoms with van der Waals surface area (Å²) in [6.45, 7) is 4.27. The van der Waals surface area contributed by atoms with Crippen molar-refractivity contribution in [3.8, 4) is 0 Å². The molecule has 0 atom stereocenters. The quantitative estimate of drug-likeness (QED) is 0.707. The van der Waals surface area contributed by atoms with E-state index in [4.69, 9.17) is 0 Å². The van der Waals surface area contributed by atoms with Gasteiger partial charge in [-0.3, -0.25) is 9.48 Å². The molecule has 2 aromatic heterocycles. The van der Waals surface area contributed by atoms with Crippen LogP contribution in [0.25, 0.3) is 11.0 Å². The molecular formula is C15H16N6O.